The number of nitrogens with zero attached hydrogens (tertiary/aromatic N) is 2. The number of anilines is 1. The van der Waals surface area contributed by atoms with Gasteiger partial charge in [0, 0.05) is 25.6 Å². The van der Waals surface area contributed by atoms with Crippen molar-refractivity contribution in [3.05, 3.63) is 23.9 Å². The summed E-state index contributed by atoms with van der Waals surface area (Å²) in [4.78, 5) is 6.71. The minimum atomic E-state index is -0.0844. The fourth-order valence-electron chi connectivity index (χ4n) is 3.27. The van der Waals surface area contributed by atoms with Gasteiger partial charge in [-0.3, -0.25) is 4.90 Å². The largest absolute Gasteiger partial charge is 0.393 e. The van der Waals surface area contributed by atoms with Crippen molar-refractivity contribution in [2.75, 3.05) is 18.8 Å². The van der Waals surface area contributed by atoms with Crippen molar-refractivity contribution in [1.29, 1.82) is 0 Å². The maximum absolute atomic E-state index is 9.87. The van der Waals surface area contributed by atoms with Gasteiger partial charge in [-0.2, -0.15) is 0 Å². The first-order chi connectivity index (χ1) is 8.22. The molecule has 1 aliphatic heterocycles. The number of nitrogens with two attached hydrogens (primary N) is 1. The molecule has 1 aliphatic carbocycles. The molecule has 2 aliphatic rings. The third-order valence-corrected chi connectivity index (χ3v) is 4.11. The van der Waals surface area contributed by atoms with Gasteiger partial charge in [-0.05, 0) is 30.9 Å². The van der Waals surface area contributed by atoms with Gasteiger partial charge in [0.2, 0.25) is 0 Å². The number of hydrogen-bond acceptors (Lipinski definition) is 4. The molecular weight excluding hydrogens is 214 g/mol. The lowest BCUT2D eigenvalue weighted by molar-refractivity contribution is 0.123. The van der Waals surface area contributed by atoms with Crippen LogP contribution in [-0.4, -0.2) is 34.2 Å². The van der Waals surface area contributed by atoms with Crippen LogP contribution in [0, 0.1) is 11.8 Å². The average Bonchev–Trinajstić information content (AvgIpc) is 2.82. The number of aliphatic hydroxyl groups is 1. The van der Waals surface area contributed by atoms with E-state index in [4.69, 9.17) is 5.73 Å². The van der Waals surface area contributed by atoms with Gasteiger partial charge in [0.25, 0.3) is 0 Å². The van der Waals surface area contributed by atoms with E-state index in [1.807, 2.05) is 18.2 Å². The first-order valence-corrected chi connectivity index (χ1v) is 6.34. The van der Waals surface area contributed by atoms with Crippen LogP contribution in [-0.2, 0) is 6.54 Å². The van der Waals surface area contributed by atoms with Crippen LogP contribution in [0.2, 0.25) is 0 Å². The molecule has 3 N–H and O–H groups in total. The summed E-state index contributed by atoms with van der Waals surface area (Å²) in [5.41, 5.74) is 6.70. The Balaban J connectivity index is 1.64. The van der Waals surface area contributed by atoms with Gasteiger partial charge < -0.3 is 10.8 Å². The van der Waals surface area contributed by atoms with Crippen LogP contribution in [0.15, 0.2) is 18.2 Å². The van der Waals surface area contributed by atoms with Gasteiger partial charge in [-0.15, -0.1) is 0 Å². The minimum Gasteiger partial charge on any atom is -0.393 e. The highest BCUT2D eigenvalue weighted by molar-refractivity contribution is 5.28. The van der Waals surface area contributed by atoms with Crippen LogP contribution >= 0.6 is 0 Å². The Labute approximate surface area is 101 Å². The molecule has 0 amide bonds. The smallest absolute Gasteiger partial charge is 0.123 e. The number of fused-ring (bicyclic) bond motifs is 1. The lowest BCUT2D eigenvalue weighted by Crippen LogP contribution is -2.24. The summed E-state index contributed by atoms with van der Waals surface area (Å²) in [7, 11) is 0. The van der Waals surface area contributed by atoms with E-state index in [9.17, 15) is 5.11 Å². The highest BCUT2D eigenvalue weighted by Gasteiger charge is 2.41. The van der Waals surface area contributed by atoms with Crippen LogP contribution in [0.3, 0.4) is 0 Å². The number of rotatable bonds is 2. The second-order valence-corrected chi connectivity index (χ2v) is 5.32. The fraction of sp³-hybridized carbons (Fsp3) is 0.615. The summed E-state index contributed by atoms with van der Waals surface area (Å²) >= 11 is 0. The van der Waals surface area contributed by atoms with Crippen molar-refractivity contribution >= 4 is 5.82 Å². The first-order valence-electron chi connectivity index (χ1n) is 6.34. The van der Waals surface area contributed by atoms with Crippen molar-refractivity contribution < 1.29 is 5.11 Å². The predicted octanol–water partition coefficient (Wildman–Crippen LogP) is 0.866. The zero-order valence-electron chi connectivity index (χ0n) is 9.92. The first kappa shape index (κ1) is 11.0. The number of nitrogen functional groups attached to an aromatic ring is 1. The maximum Gasteiger partial charge on any atom is 0.123 e. The van der Waals surface area contributed by atoms with Crippen LogP contribution < -0.4 is 5.73 Å². The molecule has 4 nitrogen and oxygen atoms in total. The Bertz CT molecular complexity index is 409. The average molecular weight is 233 g/mol. The van der Waals surface area contributed by atoms with Crippen LogP contribution in [0.1, 0.15) is 18.5 Å². The second kappa shape index (κ2) is 4.27. The quantitative estimate of drug-likeness (QED) is 0.795. The molecule has 92 valence electrons. The number of likely N-dealkylation sites (tertiary alicyclic amines) is 1. The molecule has 0 spiro atoms. The van der Waals surface area contributed by atoms with Crippen molar-refractivity contribution in [3.63, 3.8) is 0 Å². The van der Waals surface area contributed by atoms with Crippen LogP contribution in [0.5, 0.6) is 0 Å². The van der Waals surface area contributed by atoms with Crippen molar-refractivity contribution in [3.8, 4) is 0 Å². The molecule has 0 aromatic carbocycles. The Hall–Kier alpha value is -1.13. The van der Waals surface area contributed by atoms with Crippen LogP contribution in [0.25, 0.3) is 0 Å². The zero-order valence-corrected chi connectivity index (χ0v) is 9.92. The molecule has 1 saturated carbocycles. The highest BCUT2D eigenvalue weighted by atomic mass is 16.3. The molecule has 2 fully saturated rings. The van der Waals surface area contributed by atoms with Gasteiger partial charge in [-0.1, -0.05) is 6.07 Å². The van der Waals surface area contributed by atoms with E-state index < -0.39 is 0 Å². The van der Waals surface area contributed by atoms with Crippen molar-refractivity contribution in [1.82, 2.24) is 9.88 Å². The number of hydrogen-bond donors (Lipinski definition) is 2. The summed E-state index contributed by atoms with van der Waals surface area (Å²) < 4.78 is 0. The third kappa shape index (κ3) is 2.15. The molecule has 1 saturated heterocycles. The molecule has 1 aromatic rings. The molecule has 0 radical (unpaired) electrons. The van der Waals surface area contributed by atoms with Gasteiger partial charge in [-0.25, -0.2) is 4.98 Å². The van der Waals surface area contributed by atoms with E-state index in [0.29, 0.717) is 17.7 Å². The van der Waals surface area contributed by atoms with Gasteiger partial charge >= 0.3 is 0 Å². The molecule has 1 aromatic heterocycles. The highest BCUT2D eigenvalue weighted by Crippen LogP contribution is 2.38. The Morgan fingerprint density at radius 2 is 2.24 bits per heavy atom. The molecule has 17 heavy (non-hydrogen) atoms. The summed E-state index contributed by atoms with van der Waals surface area (Å²) in [5, 5.41) is 9.87. The Morgan fingerprint density at radius 1 is 1.35 bits per heavy atom. The molecule has 2 heterocycles. The summed E-state index contributed by atoms with van der Waals surface area (Å²) in [5.74, 6) is 1.75. The van der Waals surface area contributed by atoms with E-state index in [-0.39, 0.29) is 6.10 Å². The number of pyridine rings is 1. The fourth-order valence-corrected chi connectivity index (χ4v) is 3.27. The Kier molecular flexibility index (Phi) is 2.76. The van der Waals surface area contributed by atoms with E-state index in [1.165, 1.54) is 6.42 Å². The van der Waals surface area contributed by atoms with E-state index >= 15 is 0 Å². The second-order valence-electron chi connectivity index (χ2n) is 5.32. The summed E-state index contributed by atoms with van der Waals surface area (Å²) in [6, 6.07) is 5.77. The van der Waals surface area contributed by atoms with Crippen LogP contribution in [0.4, 0.5) is 5.82 Å². The molecule has 0 bridgehead atoms. The summed E-state index contributed by atoms with van der Waals surface area (Å²) in [6.45, 7) is 2.95. The molecule has 3 atom stereocenters. The molecule has 3 unspecified atom stereocenters. The lowest BCUT2D eigenvalue weighted by Gasteiger charge is -2.17. The van der Waals surface area contributed by atoms with Gasteiger partial charge in [0.15, 0.2) is 0 Å². The SMILES string of the molecule is Nc1cccc(CN2CC3CCC(O)C3C2)n1. The number of aliphatic hydroxyl groups excluding tert-OH is 1. The zero-order chi connectivity index (χ0) is 11.8. The molecule has 3 rings (SSSR count). The minimum absolute atomic E-state index is 0.0844. The predicted molar refractivity (Wildman–Crippen MR) is 66.1 cm³/mol. The van der Waals surface area contributed by atoms with Crippen molar-refractivity contribution in [2.45, 2.75) is 25.5 Å². The van der Waals surface area contributed by atoms with Gasteiger partial charge in [0.1, 0.15) is 5.82 Å². The van der Waals surface area contributed by atoms with E-state index in [0.717, 1.165) is 31.7 Å². The van der Waals surface area contributed by atoms with Crippen molar-refractivity contribution in [2.24, 2.45) is 11.8 Å². The topological polar surface area (TPSA) is 62.4 Å². The molecule has 4 heteroatoms. The number of aromatic nitrogens is 1. The molecular formula is C13H19N3O. The van der Waals surface area contributed by atoms with E-state index in [1.54, 1.807) is 0 Å². The monoisotopic (exact) mass is 233 g/mol. The summed E-state index contributed by atoms with van der Waals surface area (Å²) in [6.07, 6.45) is 2.07. The maximum atomic E-state index is 9.87. The standard InChI is InChI=1S/C13H19N3O/c14-13-3-1-2-10(15-13)7-16-6-9-4-5-12(17)11(9)8-16/h1-3,9,11-12,17H,4-8H2,(H2,14,15). The normalized spacial score (nSPS) is 32.9. The lowest BCUT2D eigenvalue weighted by atomic mass is 10.00. The Morgan fingerprint density at radius 3 is 3.00 bits per heavy atom. The van der Waals surface area contributed by atoms with Gasteiger partial charge in [0.05, 0.1) is 11.8 Å². The van der Waals surface area contributed by atoms with E-state index in [2.05, 4.69) is 9.88 Å². The third-order valence-electron chi connectivity index (χ3n) is 4.11.